The van der Waals surface area contributed by atoms with Crippen LogP contribution in [0.1, 0.15) is 33.6 Å². The van der Waals surface area contributed by atoms with Crippen molar-refractivity contribution in [3.63, 3.8) is 0 Å². The molecule has 0 aliphatic carbocycles. The highest BCUT2D eigenvalue weighted by Gasteiger charge is 2.25. The van der Waals surface area contributed by atoms with Crippen LogP contribution in [0.5, 0.6) is 0 Å². The van der Waals surface area contributed by atoms with Crippen LogP contribution >= 0.6 is 35.0 Å². The summed E-state index contributed by atoms with van der Waals surface area (Å²) in [4.78, 5) is 4.47. The van der Waals surface area contributed by atoms with E-state index in [1.807, 2.05) is 18.7 Å². The van der Waals surface area contributed by atoms with E-state index in [9.17, 15) is 0 Å². The van der Waals surface area contributed by atoms with E-state index >= 15 is 0 Å². The molecule has 0 saturated carbocycles. The smallest absolute Gasteiger partial charge is 0.147 e. The fraction of sp³-hybridized carbons (Fsp3) is 0.643. The number of hydrogen-bond acceptors (Lipinski definition) is 4. The molecule has 0 saturated heterocycles. The summed E-state index contributed by atoms with van der Waals surface area (Å²) in [6, 6.07) is 1.73. The van der Waals surface area contributed by atoms with Crippen LogP contribution in [0.15, 0.2) is 6.07 Å². The Morgan fingerprint density at radius 2 is 1.65 bits per heavy atom. The van der Waals surface area contributed by atoms with Crippen LogP contribution in [0.3, 0.4) is 0 Å². The molecule has 0 atom stereocenters. The quantitative estimate of drug-likeness (QED) is 0.688. The lowest BCUT2D eigenvalue weighted by Crippen LogP contribution is -2.32. The molecule has 1 aromatic heterocycles. The van der Waals surface area contributed by atoms with Gasteiger partial charge in [0.1, 0.15) is 11.6 Å². The first-order valence-electron chi connectivity index (χ1n) is 6.90. The molecular formula is C14H23Cl2N3S. The van der Waals surface area contributed by atoms with Gasteiger partial charge < -0.3 is 10.6 Å². The van der Waals surface area contributed by atoms with Gasteiger partial charge in [-0.2, -0.15) is 11.8 Å². The van der Waals surface area contributed by atoms with E-state index in [-0.39, 0.29) is 4.75 Å². The molecule has 2 N–H and O–H groups in total. The maximum absolute atomic E-state index is 6.22. The molecule has 0 aromatic carbocycles. The number of hydrogen-bond donors (Lipinski definition) is 2. The van der Waals surface area contributed by atoms with Gasteiger partial charge in [-0.3, -0.25) is 0 Å². The van der Waals surface area contributed by atoms with Crippen molar-refractivity contribution in [1.29, 1.82) is 0 Å². The summed E-state index contributed by atoms with van der Waals surface area (Å²) in [6.45, 7) is 8.03. The standard InChI is InChI=1S/C14H23Cl2N3S/c1-5-14(6-2,20-4)9-18-13-11(16)8-10(15)12(19-13)17-7-3/h8H,5-7,9H2,1-4H3,(H2,17,18,19). The summed E-state index contributed by atoms with van der Waals surface area (Å²) in [5, 5.41) is 7.61. The highest BCUT2D eigenvalue weighted by Crippen LogP contribution is 2.33. The second-order valence-corrected chi connectivity index (χ2v) is 6.72. The third-order valence-corrected chi connectivity index (χ3v) is 5.74. The number of halogens is 2. The Labute approximate surface area is 136 Å². The van der Waals surface area contributed by atoms with Crippen molar-refractivity contribution in [2.45, 2.75) is 38.4 Å². The molecule has 1 heterocycles. The van der Waals surface area contributed by atoms with Gasteiger partial charge in [-0.05, 0) is 32.1 Å². The fourth-order valence-electron chi connectivity index (χ4n) is 1.99. The zero-order valence-corrected chi connectivity index (χ0v) is 14.8. The highest BCUT2D eigenvalue weighted by atomic mass is 35.5. The van der Waals surface area contributed by atoms with E-state index in [2.05, 4.69) is 35.7 Å². The second-order valence-electron chi connectivity index (χ2n) is 4.63. The molecule has 0 radical (unpaired) electrons. The molecule has 0 spiro atoms. The number of nitrogens with one attached hydrogen (secondary N) is 2. The maximum atomic E-state index is 6.22. The molecule has 0 amide bonds. The average Bonchev–Trinajstić information content (AvgIpc) is 2.45. The Morgan fingerprint density at radius 1 is 1.10 bits per heavy atom. The average molecular weight is 336 g/mol. The Hall–Kier alpha value is -0.320. The summed E-state index contributed by atoms with van der Waals surface area (Å²) in [5.74, 6) is 1.36. The van der Waals surface area contributed by atoms with Crippen LogP contribution in [0.2, 0.25) is 10.0 Å². The molecule has 114 valence electrons. The van der Waals surface area contributed by atoms with Crippen molar-refractivity contribution < 1.29 is 0 Å². The maximum Gasteiger partial charge on any atom is 0.147 e. The normalized spacial score (nSPS) is 11.5. The minimum atomic E-state index is 0.211. The Balaban J connectivity index is 2.89. The Kier molecular flexibility index (Phi) is 7.27. The van der Waals surface area contributed by atoms with Crippen LogP contribution in [0, 0.1) is 0 Å². The van der Waals surface area contributed by atoms with Gasteiger partial charge in [-0.1, -0.05) is 37.0 Å². The molecule has 1 rings (SSSR count). The van der Waals surface area contributed by atoms with Gasteiger partial charge in [-0.15, -0.1) is 0 Å². The Morgan fingerprint density at radius 3 is 2.10 bits per heavy atom. The van der Waals surface area contributed by atoms with Crippen molar-refractivity contribution in [2.75, 3.05) is 30.0 Å². The summed E-state index contributed by atoms with van der Waals surface area (Å²) in [6.07, 6.45) is 4.35. The topological polar surface area (TPSA) is 37.0 Å². The van der Waals surface area contributed by atoms with Crippen LogP contribution in [-0.2, 0) is 0 Å². The number of anilines is 2. The molecule has 6 heteroatoms. The van der Waals surface area contributed by atoms with Gasteiger partial charge in [0.2, 0.25) is 0 Å². The predicted molar refractivity (Wildman–Crippen MR) is 93.7 cm³/mol. The van der Waals surface area contributed by atoms with Crippen LogP contribution in [0.25, 0.3) is 0 Å². The third kappa shape index (κ3) is 4.34. The van der Waals surface area contributed by atoms with E-state index in [0.717, 1.165) is 25.9 Å². The summed E-state index contributed by atoms with van der Waals surface area (Å²) < 4.78 is 0.211. The first-order valence-corrected chi connectivity index (χ1v) is 8.88. The van der Waals surface area contributed by atoms with Crippen molar-refractivity contribution in [3.05, 3.63) is 16.1 Å². The third-order valence-electron chi connectivity index (χ3n) is 3.57. The Bertz CT molecular complexity index is 428. The highest BCUT2D eigenvalue weighted by molar-refractivity contribution is 8.00. The second kappa shape index (κ2) is 8.20. The van der Waals surface area contributed by atoms with Crippen LogP contribution in [-0.4, -0.2) is 29.1 Å². The number of nitrogens with zero attached hydrogens (tertiary/aromatic N) is 1. The van der Waals surface area contributed by atoms with Crippen LogP contribution in [0.4, 0.5) is 11.6 Å². The van der Waals surface area contributed by atoms with Crippen molar-refractivity contribution in [2.24, 2.45) is 0 Å². The van der Waals surface area contributed by atoms with Crippen molar-refractivity contribution in [1.82, 2.24) is 4.98 Å². The molecular weight excluding hydrogens is 313 g/mol. The molecule has 0 unspecified atom stereocenters. The van der Waals surface area contributed by atoms with E-state index < -0.39 is 0 Å². The number of pyridine rings is 1. The van der Waals surface area contributed by atoms with Gasteiger partial charge in [0.25, 0.3) is 0 Å². The summed E-state index contributed by atoms with van der Waals surface area (Å²) >= 11 is 14.2. The van der Waals surface area contributed by atoms with Gasteiger partial charge in [0.05, 0.1) is 10.0 Å². The summed E-state index contributed by atoms with van der Waals surface area (Å²) in [7, 11) is 0. The van der Waals surface area contributed by atoms with Crippen molar-refractivity contribution >= 4 is 46.6 Å². The van der Waals surface area contributed by atoms with Gasteiger partial charge in [-0.25, -0.2) is 4.98 Å². The fourth-order valence-corrected chi connectivity index (χ4v) is 3.27. The molecule has 0 aliphatic heterocycles. The van der Waals surface area contributed by atoms with E-state index in [0.29, 0.717) is 21.7 Å². The monoisotopic (exact) mass is 335 g/mol. The largest absolute Gasteiger partial charge is 0.369 e. The van der Waals surface area contributed by atoms with E-state index in [1.54, 1.807) is 6.07 Å². The van der Waals surface area contributed by atoms with Gasteiger partial charge in [0.15, 0.2) is 0 Å². The number of thioether (sulfide) groups is 1. The minimum Gasteiger partial charge on any atom is -0.369 e. The van der Waals surface area contributed by atoms with Gasteiger partial charge >= 0.3 is 0 Å². The zero-order chi connectivity index (χ0) is 15.2. The minimum absolute atomic E-state index is 0.211. The summed E-state index contributed by atoms with van der Waals surface area (Å²) in [5.41, 5.74) is 0. The lowest BCUT2D eigenvalue weighted by molar-refractivity contribution is 0.574. The molecule has 0 aliphatic rings. The lowest BCUT2D eigenvalue weighted by Gasteiger charge is -2.30. The molecule has 0 fully saturated rings. The lowest BCUT2D eigenvalue weighted by atomic mass is 10.0. The predicted octanol–water partition coefficient (Wildman–Crippen LogP) is 5.15. The molecule has 0 bridgehead atoms. The van der Waals surface area contributed by atoms with E-state index in [4.69, 9.17) is 23.2 Å². The molecule has 1 aromatic rings. The van der Waals surface area contributed by atoms with Crippen LogP contribution < -0.4 is 10.6 Å². The SMILES string of the molecule is CCNc1nc(NCC(CC)(CC)SC)c(Cl)cc1Cl. The molecule has 3 nitrogen and oxygen atoms in total. The number of rotatable bonds is 8. The van der Waals surface area contributed by atoms with Gasteiger partial charge in [0, 0.05) is 17.8 Å². The first kappa shape index (κ1) is 17.7. The van der Waals surface area contributed by atoms with Crippen molar-refractivity contribution in [3.8, 4) is 0 Å². The first-order chi connectivity index (χ1) is 9.51. The zero-order valence-electron chi connectivity index (χ0n) is 12.5. The van der Waals surface area contributed by atoms with E-state index in [1.165, 1.54) is 0 Å². The number of aromatic nitrogens is 1. The molecule has 20 heavy (non-hydrogen) atoms.